The molecular weight excluding hydrogens is 375 g/mol. The van der Waals surface area contributed by atoms with Crippen molar-refractivity contribution in [3.63, 3.8) is 0 Å². The minimum atomic E-state index is -4.35. The van der Waals surface area contributed by atoms with Crippen molar-refractivity contribution in [2.45, 2.75) is 72.3 Å². The number of halogens is 3. The molecule has 2 aromatic rings. The van der Waals surface area contributed by atoms with Gasteiger partial charge in [-0.25, -0.2) is 0 Å². The minimum Gasteiger partial charge on any atom is -0.290 e. The predicted octanol–water partition coefficient (Wildman–Crippen LogP) is 7.59. The van der Waals surface area contributed by atoms with Crippen LogP contribution in [-0.4, -0.2) is 10.6 Å². The molecule has 0 N–H and O–H groups in total. The molecule has 2 nitrogen and oxygen atoms in total. The van der Waals surface area contributed by atoms with E-state index in [-0.39, 0.29) is 23.1 Å². The summed E-state index contributed by atoms with van der Waals surface area (Å²) >= 11 is 0. The van der Waals surface area contributed by atoms with E-state index in [0.717, 1.165) is 23.3 Å². The molecule has 0 aliphatic heterocycles. The molecule has 0 radical (unpaired) electrons. The van der Waals surface area contributed by atoms with Crippen LogP contribution in [0, 0.1) is 5.41 Å². The topological polar surface area (TPSA) is 12.5 Å². The number of hydrogen-bond acceptors (Lipinski definition) is 2. The van der Waals surface area contributed by atoms with E-state index in [1.54, 1.807) is 12.1 Å². The molecule has 1 unspecified atom stereocenters. The summed E-state index contributed by atoms with van der Waals surface area (Å²) in [5.74, 6) is 0. The SMILES string of the molecule is C[C@@H](ON(C(c1ccc(C(F)(F)F)cc1)C(C)(C)C)C(C)(C)C)c1ccccc1. The fourth-order valence-electron chi connectivity index (χ4n) is 3.40. The van der Waals surface area contributed by atoms with Gasteiger partial charge >= 0.3 is 6.18 Å². The number of nitrogens with zero attached hydrogens (tertiary/aromatic N) is 1. The van der Waals surface area contributed by atoms with Crippen LogP contribution in [0.15, 0.2) is 54.6 Å². The normalized spacial score (nSPS) is 15.4. The lowest BCUT2D eigenvalue weighted by Gasteiger charge is -2.47. The summed E-state index contributed by atoms with van der Waals surface area (Å²) in [5, 5.41) is 1.94. The van der Waals surface area contributed by atoms with E-state index < -0.39 is 11.7 Å². The number of hydrogen-bond donors (Lipinski definition) is 0. The van der Waals surface area contributed by atoms with E-state index in [2.05, 4.69) is 20.8 Å². The zero-order valence-electron chi connectivity index (χ0n) is 18.3. The average Bonchev–Trinajstić information content (AvgIpc) is 2.59. The first-order valence-electron chi connectivity index (χ1n) is 9.89. The van der Waals surface area contributed by atoms with Gasteiger partial charge in [0.1, 0.15) is 6.10 Å². The highest BCUT2D eigenvalue weighted by Gasteiger charge is 2.40. The van der Waals surface area contributed by atoms with E-state index in [1.807, 2.05) is 63.1 Å². The molecule has 2 aromatic carbocycles. The highest BCUT2D eigenvalue weighted by molar-refractivity contribution is 5.28. The Kier molecular flexibility index (Phi) is 6.86. The highest BCUT2D eigenvalue weighted by atomic mass is 19.4. The van der Waals surface area contributed by atoms with Crippen LogP contribution in [0.4, 0.5) is 13.2 Å². The maximum atomic E-state index is 13.0. The summed E-state index contributed by atoms with van der Waals surface area (Å²) in [7, 11) is 0. The van der Waals surface area contributed by atoms with Gasteiger partial charge in [0.25, 0.3) is 0 Å². The molecule has 0 bridgehead atoms. The maximum Gasteiger partial charge on any atom is 0.416 e. The molecule has 0 amide bonds. The standard InChI is InChI=1S/C24H32F3NO/c1-17(18-11-9-8-10-12-18)29-28(23(5,6)7)21(22(2,3)4)19-13-15-20(16-14-19)24(25,26)27/h8-17,21H,1-7H3/t17-,21?/m1/s1. The van der Waals surface area contributed by atoms with Crippen LogP contribution in [0.1, 0.15) is 77.3 Å². The van der Waals surface area contributed by atoms with Crippen molar-refractivity contribution in [2.24, 2.45) is 5.41 Å². The second kappa shape index (κ2) is 8.49. The first-order chi connectivity index (χ1) is 13.2. The van der Waals surface area contributed by atoms with Gasteiger partial charge in [0.05, 0.1) is 11.6 Å². The molecule has 0 heterocycles. The average molecular weight is 408 g/mol. The fraction of sp³-hybridized carbons (Fsp3) is 0.500. The van der Waals surface area contributed by atoms with Gasteiger partial charge in [0.15, 0.2) is 0 Å². The van der Waals surface area contributed by atoms with Gasteiger partial charge < -0.3 is 0 Å². The van der Waals surface area contributed by atoms with E-state index in [1.165, 1.54) is 0 Å². The highest BCUT2D eigenvalue weighted by Crippen LogP contribution is 2.43. The maximum absolute atomic E-state index is 13.0. The van der Waals surface area contributed by atoms with Crippen molar-refractivity contribution in [3.8, 4) is 0 Å². The number of benzene rings is 2. The first kappa shape index (κ1) is 23.4. The number of alkyl halides is 3. The van der Waals surface area contributed by atoms with Gasteiger partial charge in [0.2, 0.25) is 0 Å². The van der Waals surface area contributed by atoms with E-state index in [9.17, 15) is 13.2 Å². The largest absolute Gasteiger partial charge is 0.416 e. The van der Waals surface area contributed by atoms with Crippen LogP contribution < -0.4 is 0 Å². The molecule has 0 saturated carbocycles. The second-order valence-corrected chi connectivity index (χ2v) is 9.54. The summed E-state index contributed by atoms with van der Waals surface area (Å²) in [4.78, 5) is 6.45. The smallest absolute Gasteiger partial charge is 0.290 e. The molecule has 0 aromatic heterocycles. The Hall–Kier alpha value is -1.85. The summed E-state index contributed by atoms with van der Waals surface area (Å²) in [6, 6.07) is 15.1. The van der Waals surface area contributed by atoms with Gasteiger partial charge in [-0.1, -0.05) is 63.2 Å². The zero-order chi connectivity index (χ0) is 22.0. The Labute approximate surface area is 172 Å². The third-order valence-electron chi connectivity index (χ3n) is 4.81. The Morgan fingerprint density at radius 2 is 1.28 bits per heavy atom. The van der Waals surface area contributed by atoms with Gasteiger partial charge in [-0.15, -0.1) is 0 Å². The summed E-state index contributed by atoms with van der Waals surface area (Å²) in [6.07, 6.45) is -4.55. The summed E-state index contributed by atoms with van der Waals surface area (Å²) in [5.41, 5.74) is 0.546. The van der Waals surface area contributed by atoms with Crippen LogP contribution >= 0.6 is 0 Å². The molecule has 0 aliphatic rings. The molecule has 5 heteroatoms. The van der Waals surface area contributed by atoms with Gasteiger partial charge in [-0.3, -0.25) is 4.84 Å². The third-order valence-corrected chi connectivity index (χ3v) is 4.81. The summed E-state index contributed by atoms with van der Waals surface area (Å²) in [6.45, 7) is 14.4. The molecule has 0 aliphatic carbocycles. The van der Waals surface area contributed by atoms with Crippen molar-refractivity contribution in [1.29, 1.82) is 0 Å². The molecule has 2 atom stereocenters. The van der Waals surface area contributed by atoms with Crippen LogP contribution in [-0.2, 0) is 11.0 Å². The molecule has 160 valence electrons. The van der Waals surface area contributed by atoms with Crippen molar-refractivity contribution >= 4 is 0 Å². The lowest BCUT2D eigenvalue weighted by Crippen LogP contribution is -2.48. The Balaban J connectivity index is 2.45. The fourth-order valence-corrected chi connectivity index (χ4v) is 3.40. The molecule has 0 fully saturated rings. The predicted molar refractivity (Wildman–Crippen MR) is 111 cm³/mol. The van der Waals surface area contributed by atoms with E-state index in [0.29, 0.717) is 0 Å². The van der Waals surface area contributed by atoms with Crippen LogP contribution in [0.5, 0.6) is 0 Å². The summed E-state index contributed by atoms with van der Waals surface area (Å²) < 4.78 is 39.1. The zero-order valence-corrected chi connectivity index (χ0v) is 18.3. The van der Waals surface area contributed by atoms with Crippen molar-refractivity contribution in [1.82, 2.24) is 5.06 Å². The number of rotatable bonds is 5. The monoisotopic (exact) mass is 407 g/mol. The van der Waals surface area contributed by atoms with Crippen LogP contribution in [0.3, 0.4) is 0 Å². The third kappa shape index (κ3) is 6.06. The molecule has 29 heavy (non-hydrogen) atoms. The van der Waals surface area contributed by atoms with Gasteiger partial charge in [-0.05, 0) is 56.4 Å². The molecular formula is C24H32F3NO. The Morgan fingerprint density at radius 3 is 1.69 bits per heavy atom. The van der Waals surface area contributed by atoms with E-state index >= 15 is 0 Å². The van der Waals surface area contributed by atoms with Crippen molar-refractivity contribution in [3.05, 3.63) is 71.3 Å². The minimum absolute atomic E-state index is 0.199. The Bertz CT molecular complexity index is 771. The van der Waals surface area contributed by atoms with E-state index in [4.69, 9.17) is 4.84 Å². The molecule has 2 rings (SSSR count). The first-order valence-corrected chi connectivity index (χ1v) is 9.89. The van der Waals surface area contributed by atoms with Gasteiger partial charge in [0, 0.05) is 5.54 Å². The molecule has 0 spiro atoms. The Morgan fingerprint density at radius 1 is 0.759 bits per heavy atom. The van der Waals surface area contributed by atoms with Gasteiger partial charge in [-0.2, -0.15) is 18.2 Å². The molecule has 0 saturated heterocycles. The quantitative estimate of drug-likeness (QED) is 0.474. The lowest BCUT2D eigenvalue weighted by atomic mass is 9.80. The number of hydroxylamine groups is 2. The second-order valence-electron chi connectivity index (χ2n) is 9.54. The van der Waals surface area contributed by atoms with Crippen molar-refractivity contribution in [2.75, 3.05) is 0 Å². The van der Waals surface area contributed by atoms with Crippen LogP contribution in [0.2, 0.25) is 0 Å². The van der Waals surface area contributed by atoms with Crippen molar-refractivity contribution < 1.29 is 18.0 Å². The van der Waals surface area contributed by atoms with Crippen LogP contribution in [0.25, 0.3) is 0 Å². The lowest BCUT2D eigenvalue weighted by molar-refractivity contribution is -0.281.